The molecule has 2 aliphatic rings. The second-order valence-electron chi connectivity index (χ2n) is 9.56. The van der Waals surface area contributed by atoms with Crippen molar-refractivity contribution in [3.8, 4) is 5.75 Å². The zero-order chi connectivity index (χ0) is 23.4. The van der Waals surface area contributed by atoms with E-state index in [0.717, 1.165) is 0 Å². The maximum absolute atomic E-state index is 13.6. The lowest BCUT2D eigenvalue weighted by molar-refractivity contribution is -0.122. The van der Waals surface area contributed by atoms with E-state index in [0.29, 0.717) is 51.1 Å². The molecule has 0 radical (unpaired) electrons. The summed E-state index contributed by atoms with van der Waals surface area (Å²) in [6.45, 7) is 7.69. The van der Waals surface area contributed by atoms with Gasteiger partial charge in [0.05, 0.1) is 11.7 Å². The van der Waals surface area contributed by atoms with Gasteiger partial charge >= 0.3 is 0 Å². The van der Waals surface area contributed by atoms with E-state index in [1.807, 2.05) is 27.7 Å². The third-order valence-electron chi connectivity index (χ3n) is 6.00. The number of hydrogen-bond acceptors (Lipinski definition) is 4. The molecule has 168 valence electrons. The maximum Gasteiger partial charge on any atom is 0.230 e. The normalized spacial score (nSPS) is 19.9. The first kappa shape index (κ1) is 22.7. The molecule has 7 heteroatoms. The van der Waals surface area contributed by atoms with Crippen LogP contribution < -0.4 is 10.2 Å². The van der Waals surface area contributed by atoms with Gasteiger partial charge in [-0.05, 0) is 41.7 Å². The highest BCUT2D eigenvalue weighted by Gasteiger charge is 2.44. The van der Waals surface area contributed by atoms with Crippen molar-refractivity contribution < 1.29 is 14.7 Å². The van der Waals surface area contributed by atoms with Crippen molar-refractivity contribution >= 4 is 46.3 Å². The van der Waals surface area contributed by atoms with E-state index in [4.69, 9.17) is 23.2 Å². The van der Waals surface area contributed by atoms with Crippen LogP contribution in [-0.2, 0) is 9.59 Å². The van der Waals surface area contributed by atoms with Crippen LogP contribution in [0.3, 0.4) is 0 Å². The van der Waals surface area contributed by atoms with Gasteiger partial charge in [0.25, 0.3) is 0 Å². The Morgan fingerprint density at radius 1 is 1.19 bits per heavy atom. The van der Waals surface area contributed by atoms with Gasteiger partial charge in [0.15, 0.2) is 5.78 Å². The number of carbonyl (C=O) groups excluding carboxylic acids is 2. The number of allylic oxidation sites excluding steroid dienone is 1. The van der Waals surface area contributed by atoms with E-state index in [1.165, 1.54) is 0 Å². The number of ketones is 1. The van der Waals surface area contributed by atoms with Crippen LogP contribution in [0.5, 0.6) is 5.75 Å². The third-order valence-corrected chi connectivity index (χ3v) is 6.56. The standard InChI is InChI=1S/C25H26Cl2N2O3/c1-13(2)24(32)29-18-6-5-7-19(30)22(18)28-17-11-25(3,4)12-20(31)21(17)23(29)15-9-8-14(26)10-16(15)27/h5-10,13,23,28,30H,11-12H2,1-4H3/t23-/m0/s1. The molecule has 1 atom stereocenters. The molecule has 1 heterocycles. The second-order valence-corrected chi connectivity index (χ2v) is 10.4. The number of nitrogens with one attached hydrogen (secondary N) is 1. The van der Waals surface area contributed by atoms with Gasteiger partial charge in [-0.25, -0.2) is 0 Å². The summed E-state index contributed by atoms with van der Waals surface area (Å²) in [5, 5.41) is 14.9. The van der Waals surface area contributed by atoms with Crippen molar-refractivity contribution in [3.63, 3.8) is 0 Å². The SMILES string of the molecule is CC(C)C(=O)N1c2cccc(O)c2NC2=C(C(=O)CC(C)(C)C2)[C@@H]1c1ccc(Cl)cc1Cl. The molecule has 32 heavy (non-hydrogen) atoms. The first-order valence-electron chi connectivity index (χ1n) is 10.6. The molecule has 2 aromatic rings. The number of rotatable bonds is 2. The largest absolute Gasteiger partial charge is 0.506 e. The lowest BCUT2D eigenvalue weighted by Crippen LogP contribution is -2.41. The number of halogens is 2. The number of benzene rings is 2. The number of para-hydroxylation sites is 1. The Balaban J connectivity index is 2.08. The molecule has 4 rings (SSSR count). The number of fused-ring (bicyclic) bond motifs is 1. The minimum absolute atomic E-state index is 0.00888. The number of hydrogen-bond donors (Lipinski definition) is 2. The average Bonchev–Trinajstić information content (AvgIpc) is 2.82. The number of nitrogens with zero attached hydrogens (tertiary/aromatic N) is 1. The Morgan fingerprint density at radius 3 is 2.56 bits per heavy atom. The van der Waals surface area contributed by atoms with Crippen LogP contribution >= 0.6 is 23.2 Å². The predicted molar refractivity (Wildman–Crippen MR) is 128 cm³/mol. The van der Waals surface area contributed by atoms with Crippen molar-refractivity contribution in [1.29, 1.82) is 0 Å². The summed E-state index contributed by atoms with van der Waals surface area (Å²) in [5.74, 6) is -0.569. The number of amides is 1. The predicted octanol–water partition coefficient (Wildman–Crippen LogP) is 6.50. The molecule has 1 aliphatic heterocycles. The van der Waals surface area contributed by atoms with Crippen LogP contribution in [0.4, 0.5) is 11.4 Å². The van der Waals surface area contributed by atoms with E-state index in [1.54, 1.807) is 41.3 Å². The van der Waals surface area contributed by atoms with Crippen molar-refractivity contribution in [3.05, 3.63) is 63.3 Å². The lowest BCUT2D eigenvalue weighted by atomic mass is 9.73. The molecule has 1 amide bonds. The summed E-state index contributed by atoms with van der Waals surface area (Å²) in [6, 6.07) is 9.37. The van der Waals surface area contributed by atoms with Crippen molar-refractivity contribution in [2.45, 2.75) is 46.6 Å². The number of phenols is 1. The number of carbonyl (C=O) groups is 2. The van der Waals surface area contributed by atoms with Gasteiger partial charge < -0.3 is 10.4 Å². The van der Waals surface area contributed by atoms with Crippen LogP contribution in [0.2, 0.25) is 10.0 Å². The summed E-state index contributed by atoms with van der Waals surface area (Å²) in [7, 11) is 0. The highest BCUT2D eigenvalue weighted by atomic mass is 35.5. The van der Waals surface area contributed by atoms with Gasteiger partial charge in [-0.2, -0.15) is 0 Å². The van der Waals surface area contributed by atoms with Crippen LogP contribution in [0.25, 0.3) is 0 Å². The van der Waals surface area contributed by atoms with Gasteiger partial charge in [0.1, 0.15) is 11.4 Å². The molecule has 0 spiro atoms. The minimum Gasteiger partial charge on any atom is -0.506 e. The highest BCUT2D eigenvalue weighted by molar-refractivity contribution is 6.35. The second kappa shape index (κ2) is 8.13. The quantitative estimate of drug-likeness (QED) is 0.489. The molecular weight excluding hydrogens is 447 g/mol. The van der Waals surface area contributed by atoms with E-state index < -0.39 is 6.04 Å². The van der Waals surface area contributed by atoms with Crippen molar-refractivity contribution in [2.24, 2.45) is 11.3 Å². The number of Topliss-reactive ketones (excluding diaryl/α,β-unsaturated/α-hetero) is 1. The molecule has 0 saturated heterocycles. The molecule has 1 aliphatic carbocycles. The molecule has 2 aromatic carbocycles. The van der Waals surface area contributed by atoms with Crippen molar-refractivity contribution in [1.82, 2.24) is 0 Å². The van der Waals surface area contributed by atoms with E-state index >= 15 is 0 Å². The van der Waals surface area contributed by atoms with E-state index in [9.17, 15) is 14.7 Å². The number of phenolic OH excluding ortho intramolecular Hbond substituents is 1. The van der Waals surface area contributed by atoms with Gasteiger partial charge in [-0.1, -0.05) is 63.0 Å². The van der Waals surface area contributed by atoms with Crippen LogP contribution in [-0.4, -0.2) is 16.8 Å². The third kappa shape index (κ3) is 3.89. The average molecular weight is 473 g/mol. The first-order valence-corrected chi connectivity index (χ1v) is 11.4. The molecular formula is C25H26Cl2N2O3. The summed E-state index contributed by atoms with van der Waals surface area (Å²) < 4.78 is 0. The molecule has 2 N–H and O–H groups in total. The van der Waals surface area contributed by atoms with Crippen LogP contribution in [0.1, 0.15) is 52.1 Å². The van der Waals surface area contributed by atoms with E-state index in [-0.39, 0.29) is 28.8 Å². The zero-order valence-electron chi connectivity index (χ0n) is 18.5. The Labute approximate surface area is 198 Å². The van der Waals surface area contributed by atoms with Crippen LogP contribution in [0, 0.1) is 11.3 Å². The summed E-state index contributed by atoms with van der Waals surface area (Å²) >= 11 is 12.8. The van der Waals surface area contributed by atoms with Gasteiger partial charge in [-0.3, -0.25) is 14.5 Å². The van der Waals surface area contributed by atoms with E-state index in [2.05, 4.69) is 5.32 Å². The Kier molecular flexibility index (Phi) is 5.76. The fourth-order valence-corrected chi connectivity index (χ4v) is 5.09. The molecule has 0 aromatic heterocycles. The molecule has 5 nitrogen and oxygen atoms in total. The summed E-state index contributed by atoms with van der Waals surface area (Å²) in [6.07, 6.45) is 0.939. The Bertz CT molecular complexity index is 1150. The molecule has 0 bridgehead atoms. The molecule has 0 unspecified atom stereocenters. The number of aromatic hydroxyl groups is 1. The smallest absolute Gasteiger partial charge is 0.230 e. The van der Waals surface area contributed by atoms with Crippen molar-refractivity contribution in [2.75, 3.05) is 10.2 Å². The highest BCUT2D eigenvalue weighted by Crippen LogP contribution is 2.51. The first-order chi connectivity index (χ1) is 15.0. The van der Waals surface area contributed by atoms with Crippen LogP contribution in [0.15, 0.2) is 47.7 Å². The Morgan fingerprint density at radius 2 is 1.91 bits per heavy atom. The van der Waals surface area contributed by atoms with Gasteiger partial charge in [-0.15, -0.1) is 0 Å². The lowest BCUT2D eigenvalue weighted by Gasteiger charge is -2.38. The monoisotopic (exact) mass is 472 g/mol. The fraction of sp³-hybridized carbons (Fsp3) is 0.360. The molecule has 0 saturated carbocycles. The minimum atomic E-state index is -0.746. The Hall–Kier alpha value is -2.50. The fourth-order valence-electron chi connectivity index (χ4n) is 4.58. The van der Waals surface area contributed by atoms with Gasteiger partial charge in [0, 0.05) is 33.7 Å². The zero-order valence-corrected chi connectivity index (χ0v) is 20.0. The van der Waals surface area contributed by atoms with Gasteiger partial charge in [0.2, 0.25) is 5.91 Å². The summed E-state index contributed by atoms with van der Waals surface area (Å²) in [4.78, 5) is 28.8. The topological polar surface area (TPSA) is 69.6 Å². The molecule has 0 fully saturated rings. The maximum atomic E-state index is 13.6. The number of anilines is 2. The summed E-state index contributed by atoms with van der Waals surface area (Å²) in [5.41, 5.74) is 2.46.